The molecular weight excluding hydrogens is 566 g/mol. The Morgan fingerprint density at radius 3 is 2.71 bits per heavy atom. The van der Waals surface area contributed by atoms with Gasteiger partial charge in [-0.3, -0.25) is 9.69 Å². The molecule has 1 aliphatic rings. The molecule has 0 saturated carbocycles. The van der Waals surface area contributed by atoms with E-state index in [1.165, 1.54) is 22.9 Å². The fraction of sp³-hybridized carbons (Fsp3) is 0.0690. The van der Waals surface area contributed by atoms with Crippen LogP contribution >= 0.6 is 27.7 Å². The fourth-order valence-electron chi connectivity index (χ4n) is 3.64. The maximum atomic E-state index is 13.4. The number of carbonyl (C=O) groups excluding carboxylic acids is 1. The standard InChI is InChI=1S/C29H22BrN3O4S/c30-23-11-12-26(34)22(16-23)17-31-32-29-33(18-25-10-5-13-36-25)28(35)27(38-29)15-21-8-4-9-24(14-21)37-19-20-6-2-1-3-7-20/h1-17,34H,18-19H2/b27-15-,31-17-,32-29+. The number of hydrogen-bond acceptors (Lipinski definition) is 7. The molecule has 190 valence electrons. The molecule has 38 heavy (non-hydrogen) atoms. The number of carbonyl (C=O) groups is 1. The van der Waals surface area contributed by atoms with E-state index >= 15 is 0 Å². The summed E-state index contributed by atoms with van der Waals surface area (Å²) in [4.78, 5) is 15.4. The van der Waals surface area contributed by atoms with Crippen molar-refractivity contribution in [2.75, 3.05) is 0 Å². The molecule has 0 aliphatic carbocycles. The van der Waals surface area contributed by atoms with Gasteiger partial charge in [0, 0.05) is 10.0 Å². The van der Waals surface area contributed by atoms with Crippen molar-refractivity contribution >= 4 is 51.1 Å². The second kappa shape index (κ2) is 12.0. The molecule has 1 fully saturated rings. The molecule has 9 heteroatoms. The van der Waals surface area contributed by atoms with E-state index in [-0.39, 0.29) is 18.2 Å². The third-order valence-electron chi connectivity index (χ3n) is 5.52. The second-order valence-electron chi connectivity index (χ2n) is 8.26. The first kappa shape index (κ1) is 25.6. The molecule has 0 radical (unpaired) electrons. The van der Waals surface area contributed by atoms with E-state index in [1.807, 2.05) is 60.7 Å². The number of phenolic OH excluding ortho intramolecular Hbond substituents is 1. The minimum Gasteiger partial charge on any atom is -0.507 e. The monoisotopic (exact) mass is 587 g/mol. The van der Waals surface area contributed by atoms with Crippen LogP contribution in [0.15, 0.2) is 115 Å². The van der Waals surface area contributed by atoms with Gasteiger partial charge in [-0.25, -0.2) is 0 Å². The normalized spacial score (nSPS) is 15.7. The number of ether oxygens (including phenoxy) is 1. The number of thioether (sulfide) groups is 1. The molecule has 1 N–H and O–H groups in total. The quantitative estimate of drug-likeness (QED) is 0.139. The van der Waals surface area contributed by atoms with Crippen molar-refractivity contribution in [3.63, 3.8) is 0 Å². The minimum atomic E-state index is -0.207. The maximum Gasteiger partial charge on any atom is 0.267 e. The van der Waals surface area contributed by atoms with Crippen LogP contribution in [-0.2, 0) is 17.9 Å². The Balaban J connectivity index is 1.37. The molecular formula is C29H22BrN3O4S. The van der Waals surface area contributed by atoms with Gasteiger partial charge in [0.1, 0.15) is 23.9 Å². The Labute approximate surface area is 232 Å². The number of amidine groups is 1. The van der Waals surface area contributed by atoms with Crippen LogP contribution in [0.2, 0.25) is 0 Å². The maximum absolute atomic E-state index is 13.4. The van der Waals surface area contributed by atoms with Gasteiger partial charge in [0.25, 0.3) is 5.91 Å². The van der Waals surface area contributed by atoms with Crippen molar-refractivity contribution in [2.24, 2.45) is 10.2 Å². The molecule has 1 saturated heterocycles. The Kier molecular flexibility index (Phi) is 8.06. The van der Waals surface area contributed by atoms with Crippen molar-refractivity contribution in [1.82, 2.24) is 4.90 Å². The van der Waals surface area contributed by atoms with Crippen LogP contribution in [0.3, 0.4) is 0 Å². The van der Waals surface area contributed by atoms with Gasteiger partial charge in [0.05, 0.1) is 23.9 Å². The van der Waals surface area contributed by atoms with E-state index in [0.717, 1.165) is 15.6 Å². The summed E-state index contributed by atoms with van der Waals surface area (Å²) in [6.45, 7) is 0.667. The van der Waals surface area contributed by atoms with Crippen LogP contribution < -0.4 is 4.74 Å². The smallest absolute Gasteiger partial charge is 0.267 e. The Hall–Kier alpha value is -4.08. The number of hydrogen-bond donors (Lipinski definition) is 1. The highest BCUT2D eigenvalue weighted by Gasteiger charge is 2.34. The van der Waals surface area contributed by atoms with Gasteiger partial charge in [0.2, 0.25) is 0 Å². The van der Waals surface area contributed by atoms with Gasteiger partial charge in [-0.2, -0.15) is 5.10 Å². The lowest BCUT2D eigenvalue weighted by Crippen LogP contribution is -2.28. The molecule has 3 aromatic carbocycles. The molecule has 2 heterocycles. The van der Waals surface area contributed by atoms with Crippen molar-refractivity contribution in [3.05, 3.63) is 123 Å². The summed E-state index contributed by atoms with van der Waals surface area (Å²) in [6, 6.07) is 26.1. The summed E-state index contributed by atoms with van der Waals surface area (Å²) >= 11 is 4.60. The van der Waals surface area contributed by atoms with Crippen LogP contribution in [0.25, 0.3) is 6.08 Å². The van der Waals surface area contributed by atoms with Crippen molar-refractivity contribution < 1.29 is 19.1 Å². The number of phenols is 1. The number of aromatic hydroxyl groups is 1. The third-order valence-corrected chi connectivity index (χ3v) is 7.01. The van der Waals surface area contributed by atoms with Crippen molar-refractivity contribution in [1.29, 1.82) is 0 Å². The minimum absolute atomic E-state index is 0.0784. The predicted octanol–water partition coefficient (Wildman–Crippen LogP) is 6.83. The highest BCUT2D eigenvalue weighted by Crippen LogP contribution is 2.34. The summed E-state index contributed by atoms with van der Waals surface area (Å²) in [7, 11) is 0. The number of benzene rings is 3. The highest BCUT2D eigenvalue weighted by atomic mass is 79.9. The van der Waals surface area contributed by atoms with Crippen LogP contribution in [0, 0.1) is 0 Å². The van der Waals surface area contributed by atoms with Gasteiger partial charge >= 0.3 is 0 Å². The zero-order valence-corrected chi connectivity index (χ0v) is 22.4. The van der Waals surface area contributed by atoms with E-state index in [9.17, 15) is 9.90 Å². The lowest BCUT2D eigenvalue weighted by atomic mass is 10.2. The second-order valence-corrected chi connectivity index (χ2v) is 10.2. The molecule has 4 aromatic rings. The summed E-state index contributed by atoms with van der Waals surface area (Å²) in [5.74, 6) is 1.20. The largest absolute Gasteiger partial charge is 0.507 e. The average molecular weight is 588 g/mol. The number of nitrogens with zero attached hydrogens (tertiary/aromatic N) is 3. The molecule has 1 aliphatic heterocycles. The zero-order valence-electron chi connectivity index (χ0n) is 20.0. The summed E-state index contributed by atoms with van der Waals surface area (Å²) in [5, 5.41) is 18.9. The van der Waals surface area contributed by atoms with E-state index < -0.39 is 0 Å². The lowest BCUT2D eigenvalue weighted by Gasteiger charge is -2.12. The summed E-state index contributed by atoms with van der Waals surface area (Å²) in [5.41, 5.74) is 2.40. The molecule has 5 rings (SSSR count). The van der Waals surface area contributed by atoms with E-state index in [1.54, 1.807) is 36.6 Å². The SMILES string of the molecule is O=C1/C(=C/c2cccc(OCc3ccccc3)c2)S/C(=N/N=C\c2cc(Br)ccc2O)N1Cc1ccco1. The first-order valence-corrected chi connectivity index (χ1v) is 13.3. The molecule has 0 unspecified atom stereocenters. The molecule has 0 atom stereocenters. The van der Waals surface area contributed by atoms with Gasteiger partial charge in [-0.15, -0.1) is 5.10 Å². The van der Waals surface area contributed by atoms with Gasteiger partial charge in [-0.1, -0.05) is 58.4 Å². The Morgan fingerprint density at radius 2 is 1.89 bits per heavy atom. The van der Waals surface area contributed by atoms with Crippen LogP contribution in [0.5, 0.6) is 11.5 Å². The van der Waals surface area contributed by atoms with Crippen molar-refractivity contribution in [2.45, 2.75) is 13.2 Å². The summed E-state index contributed by atoms with van der Waals surface area (Å²) in [6.07, 6.45) is 4.81. The zero-order chi connectivity index (χ0) is 26.3. The Morgan fingerprint density at radius 1 is 1.03 bits per heavy atom. The molecule has 7 nitrogen and oxygen atoms in total. The topological polar surface area (TPSA) is 87.6 Å². The van der Waals surface area contributed by atoms with Gasteiger partial charge in [-0.05, 0) is 71.4 Å². The van der Waals surface area contributed by atoms with Gasteiger partial charge in [0.15, 0.2) is 5.17 Å². The van der Waals surface area contributed by atoms with E-state index in [0.29, 0.717) is 33.8 Å². The number of rotatable bonds is 8. The first-order valence-electron chi connectivity index (χ1n) is 11.7. The van der Waals surface area contributed by atoms with Crippen LogP contribution in [0.4, 0.5) is 0 Å². The van der Waals surface area contributed by atoms with Crippen LogP contribution in [0.1, 0.15) is 22.5 Å². The average Bonchev–Trinajstić information content (AvgIpc) is 3.55. The number of halogens is 1. The predicted molar refractivity (Wildman–Crippen MR) is 153 cm³/mol. The van der Waals surface area contributed by atoms with E-state index in [2.05, 4.69) is 26.1 Å². The number of amides is 1. The molecule has 0 bridgehead atoms. The lowest BCUT2D eigenvalue weighted by molar-refractivity contribution is -0.122. The van der Waals surface area contributed by atoms with Gasteiger partial charge < -0.3 is 14.3 Å². The van der Waals surface area contributed by atoms with Crippen LogP contribution in [-0.4, -0.2) is 27.3 Å². The van der Waals surface area contributed by atoms with Crippen molar-refractivity contribution in [3.8, 4) is 11.5 Å². The molecule has 0 spiro atoms. The highest BCUT2D eigenvalue weighted by molar-refractivity contribution is 9.10. The first-order chi connectivity index (χ1) is 18.5. The molecule has 1 aromatic heterocycles. The Bertz CT molecular complexity index is 1520. The van der Waals surface area contributed by atoms with E-state index in [4.69, 9.17) is 9.15 Å². The summed E-state index contributed by atoms with van der Waals surface area (Å²) < 4.78 is 12.2. The molecule has 1 amide bonds. The third kappa shape index (κ3) is 6.42. The fourth-order valence-corrected chi connectivity index (χ4v) is 4.95. The number of furan rings is 1.